The van der Waals surface area contributed by atoms with Gasteiger partial charge in [0.05, 0.1) is 19.2 Å². The van der Waals surface area contributed by atoms with E-state index in [-0.39, 0.29) is 5.56 Å². The average Bonchev–Trinajstić information content (AvgIpc) is 2.92. The molecule has 0 amide bonds. The van der Waals surface area contributed by atoms with Gasteiger partial charge in [-0.2, -0.15) is 0 Å². The second kappa shape index (κ2) is 18.6. The number of methoxy groups -OCH3 is 1. The number of unbranched alkanes of at least 4 members (excludes halogenated alkanes) is 8. The van der Waals surface area contributed by atoms with Gasteiger partial charge in [-0.05, 0) is 64.7 Å². The zero-order chi connectivity index (χ0) is 28.5. The minimum atomic E-state index is -0.112. The monoisotopic (exact) mass is 539 g/mol. The summed E-state index contributed by atoms with van der Waals surface area (Å²) in [4.78, 5) is 13.9. The lowest BCUT2D eigenvalue weighted by Crippen LogP contribution is -2.24. The van der Waals surface area contributed by atoms with Crippen LogP contribution in [0, 0.1) is 0 Å². The van der Waals surface area contributed by atoms with Crippen molar-refractivity contribution in [2.24, 2.45) is 0 Å². The highest BCUT2D eigenvalue weighted by atomic mass is 16.5. The number of fused-ring (bicyclic) bond motifs is 1. The third-order valence-corrected chi connectivity index (χ3v) is 7.12. The fraction of sp³-hybridized carbons (Fsp3) is 0.618. The van der Waals surface area contributed by atoms with Crippen LogP contribution >= 0.6 is 0 Å². The van der Waals surface area contributed by atoms with Crippen molar-refractivity contribution in [3.8, 4) is 17.2 Å². The van der Waals surface area contributed by atoms with Crippen LogP contribution in [0.15, 0.2) is 46.3 Å². The highest BCUT2D eigenvalue weighted by molar-refractivity contribution is 5.89. The van der Waals surface area contributed by atoms with Crippen LogP contribution in [0.4, 0.5) is 0 Å². The van der Waals surface area contributed by atoms with E-state index >= 15 is 0 Å². The second-order valence-corrected chi connectivity index (χ2v) is 10.9. The van der Waals surface area contributed by atoms with Gasteiger partial charge < -0.3 is 18.8 Å². The summed E-state index contributed by atoms with van der Waals surface area (Å²) in [5, 5.41) is 0.889. The number of nitrogens with zero attached hydrogens (tertiary/aromatic N) is 1. The first-order valence-corrected chi connectivity index (χ1v) is 15.2. The Balaban J connectivity index is 2.39. The van der Waals surface area contributed by atoms with Gasteiger partial charge >= 0.3 is 0 Å². The minimum absolute atomic E-state index is 0.112. The van der Waals surface area contributed by atoms with E-state index < -0.39 is 0 Å². The lowest BCUT2D eigenvalue weighted by atomic mass is 10.1. The highest BCUT2D eigenvalue weighted by Crippen LogP contribution is 2.35. The van der Waals surface area contributed by atoms with E-state index in [9.17, 15) is 4.79 Å². The van der Waals surface area contributed by atoms with Gasteiger partial charge in [0.2, 0.25) is 5.75 Å². The Hall–Kier alpha value is -2.69. The van der Waals surface area contributed by atoms with Crippen molar-refractivity contribution in [2.45, 2.75) is 118 Å². The van der Waals surface area contributed by atoms with Crippen molar-refractivity contribution in [1.29, 1.82) is 0 Å². The van der Waals surface area contributed by atoms with E-state index in [1.807, 2.05) is 22.8 Å². The molecule has 0 saturated heterocycles. The molecule has 0 unspecified atom stereocenters. The van der Waals surface area contributed by atoms with Gasteiger partial charge in [-0.3, -0.25) is 4.79 Å². The predicted octanol–water partition coefficient (Wildman–Crippen LogP) is 9.40. The van der Waals surface area contributed by atoms with Crippen molar-refractivity contribution < 1.29 is 14.2 Å². The summed E-state index contributed by atoms with van der Waals surface area (Å²) < 4.78 is 19.9. The third kappa shape index (κ3) is 11.1. The lowest BCUT2D eigenvalue weighted by molar-refractivity contribution is 0.272. The summed E-state index contributed by atoms with van der Waals surface area (Å²) >= 11 is 0. The standard InChI is InChI=1S/C34H53NO4/c1-7-9-11-13-14-15-23-35-31-26-29(37-6)20-21-30(31)32(33(34(35)36)38-24-16-12-10-8-2)39-25-22-28(5)19-17-18-27(3)4/h18,20-22,26H,7-17,19,23-25H2,1-6H3/b28-22+. The Kier molecular flexibility index (Phi) is 15.5. The molecule has 5 heteroatoms. The number of benzene rings is 1. The summed E-state index contributed by atoms with van der Waals surface area (Å²) in [6.45, 7) is 12.4. The zero-order valence-corrected chi connectivity index (χ0v) is 25.6. The van der Waals surface area contributed by atoms with Gasteiger partial charge in [-0.15, -0.1) is 0 Å². The molecule has 1 aromatic heterocycles. The van der Waals surface area contributed by atoms with Gasteiger partial charge in [0.1, 0.15) is 12.4 Å². The number of rotatable bonds is 20. The van der Waals surface area contributed by atoms with Crippen molar-refractivity contribution in [1.82, 2.24) is 4.57 Å². The first kappa shape index (κ1) is 32.5. The molecule has 0 N–H and O–H groups in total. The number of aromatic nitrogens is 1. The van der Waals surface area contributed by atoms with Crippen LogP contribution in [0.25, 0.3) is 10.9 Å². The van der Waals surface area contributed by atoms with E-state index in [0.29, 0.717) is 31.3 Å². The Labute approximate surface area is 237 Å². The van der Waals surface area contributed by atoms with Crippen LogP contribution in [0.5, 0.6) is 17.2 Å². The topological polar surface area (TPSA) is 49.7 Å². The van der Waals surface area contributed by atoms with E-state index in [1.165, 1.54) is 43.3 Å². The molecule has 1 heterocycles. The van der Waals surface area contributed by atoms with Gasteiger partial charge in [-0.1, -0.05) is 82.4 Å². The SMILES string of the molecule is CCCCCCCCn1c(=O)c(OCCCCCC)c(OC/C=C(\C)CCC=C(C)C)c2ccc(OC)cc21. The van der Waals surface area contributed by atoms with Crippen LogP contribution in [0.2, 0.25) is 0 Å². The summed E-state index contributed by atoms with van der Waals surface area (Å²) in [6, 6.07) is 5.88. The molecule has 0 spiro atoms. The largest absolute Gasteiger partial charge is 0.497 e. The molecule has 0 aliphatic heterocycles. The Morgan fingerprint density at radius 2 is 1.54 bits per heavy atom. The Morgan fingerprint density at radius 1 is 0.846 bits per heavy atom. The normalized spacial score (nSPS) is 11.6. The third-order valence-electron chi connectivity index (χ3n) is 7.12. The maximum atomic E-state index is 13.9. The van der Waals surface area contributed by atoms with Crippen molar-refractivity contribution >= 4 is 10.9 Å². The van der Waals surface area contributed by atoms with Crippen LogP contribution in [-0.2, 0) is 6.54 Å². The second-order valence-electron chi connectivity index (χ2n) is 10.9. The molecule has 2 aromatic rings. The molecule has 0 saturated carbocycles. The average molecular weight is 540 g/mol. The van der Waals surface area contributed by atoms with E-state index in [1.54, 1.807) is 7.11 Å². The molecule has 218 valence electrons. The molecule has 5 nitrogen and oxygen atoms in total. The molecule has 2 rings (SSSR count). The fourth-order valence-electron chi connectivity index (χ4n) is 4.71. The summed E-state index contributed by atoms with van der Waals surface area (Å²) in [6.07, 6.45) is 17.8. The molecule has 1 aromatic carbocycles. The Morgan fingerprint density at radius 3 is 2.23 bits per heavy atom. The van der Waals surface area contributed by atoms with Crippen molar-refractivity contribution in [3.05, 3.63) is 51.9 Å². The smallest absolute Gasteiger partial charge is 0.297 e. The van der Waals surface area contributed by atoms with Crippen molar-refractivity contribution in [2.75, 3.05) is 20.3 Å². The lowest BCUT2D eigenvalue weighted by Gasteiger charge is -2.19. The molecule has 0 fully saturated rings. The minimum Gasteiger partial charge on any atom is -0.497 e. The maximum Gasteiger partial charge on any atom is 0.297 e. The molecule has 0 bridgehead atoms. The molecule has 0 atom stereocenters. The quantitative estimate of drug-likeness (QED) is 0.124. The summed E-state index contributed by atoms with van der Waals surface area (Å²) in [7, 11) is 1.66. The summed E-state index contributed by atoms with van der Waals surface area (Å²) in [5.41, 5.74) is 3.34. The first-order chi connectivity index (χ1) is 18.9. The van der Waals surface area contributed by atoms with Crippen LogP contribution in [0.1, 0.15) is 112 Å². The van der Waals surface area contributed by atoms with E-state index in [4.69, 9.17) is 14.2 Å². The summed E-state index contributed by atoms with van der Waals surface area (Å²) in [5.74, 6) is 1.61. The molecule has 0 aliphatic rings. The number of hydrogen-bond acceptors (Lipinski definition) is 4. The van der Waals surface area contributed by atoms with Gasteiger partial charge in [0.15, 0.2) is 5.75 Å². The first-order valence-electron chi connectivity index (χ1n) is 15.2. The number of ether oxygens (including phenoxy) is 3. The van der Waals surface area contributed by atoms with Crippen LogP contribution < -0.4 is 19.8 Å². The highest BCUT2D eigenvalue weighted by Gasteiger charge is 2.20. The van der Waals surface area contributed by atoms with E-state index in [0.717, 1.165) is 61.6 Å². The van der Waals surface area contributed by atoms with Crippen molar-refractivity contribution in [3.63, 3.8) is 0 Å². The van der Waals surface area contributed by atoms with E-state index in [2.05, 4.69) is 46.8 Å². The number of aryl methyl sites for hydroxylation is 1. The van der Waals surface area contributed by atoms with Crippen LogP contribution in [0.3, 0.4) is 0 Å². The molecular weight excluding hydrogens is 486 g/mol. The number of allylic oxidation sites excluding steroid dienone is 3. The molecule has 0 aliphatic carbocycles. The van der Waals surface area contributed by atoms with Gasteiger partial charge in [0.25, 0.3) is 5.56 Å². The van der Waals surface area contributed by atoms with Gasteiger partial charge in [-0.25, -0.2) is 0 Å². The molecule has 0 radical (unpaired) electrons. The molecule has 39 heavy (non-hydrogen) atoms. The Bertz CT molecular complexity index is 1110. The van der Waals surface area contributed by atoms with Gasteiger partial charge in [0, 0.05) is 18.0 Å². The number of pyridine rings is 1. The maximum absolute atomic E-state index is 13.9. The fourth-order valence-corrected chi connectivity index (χ4v) is 4.71. The van der Waals surface area contributed by atoms with Crippen LogP contribution in [-0.4, -0.2) is 24.9 Å². The molecular formula is C34H53NO4. The number of hydrogen-bond donors (Lipinski definition) is 0. The predicted molar refractivity (Wildman–Crippen MR) is 166 cm³/mol. The zero-order valence-electron chi connectivity index (χ0n) is 25.6.